The van der Waals surface area contributed by atoms with Crippen LogP contribution in [0, 0.1) is 0 Å². The average molecular weight is 269 g/mol. The highest BCUT2D eigenvalue weighted by Gasteiger charge is 2.11. The topological polar surface area (TPSA) is 42.2 Å². The lowest BCUT2D eigenvalue weighted by molar-refractivity contribution is 0.867. The highest BCUT2D eigenvalue weighted by atomic mass is 15.1. The van der Waals surface area contributed by atoms with Gasteiger partial charge in [0, 0.05) is 32.4 Å². The Bertz CT molecular complexity index is 571. The molecule has 0 radical (unpaired) electrons. The Morgan fingerprint density at radius 3 is 2.25 bits per heavy atom. The van der Waals surface area contributed by atoms with Crippen molar-refractivity contribution in [3.63, 3.8) is 0 Å². The van der Waals surface area contributed by atoms with Gasteiger partial charge in [-0.3, -0.25) is 0 Å². The predicted octanol–water partition coefficient (Wildman–Crippen LogP) is 3.40. The van der Waals surface area contributed by atoms with Crippen molar-refractivity contribution in [2.75, 3.05) is 19.0 Å². The van der Waals surface area contributed by atoms with E-state index in [1.165, 1.54) is 16.7 Å². The third kappa shape index (κ3) is 2.83. The Morgan fingerprint density at radius 2 is 1.75 bits per heavy atom. The van der Waals surface area contributed by atoms with Crippen LogP contribution in [0.25, 0.3) is 11.1 Å². The van der Waals surface area contributed by atoms with Gasteiger partial charge < -0.3 is 10.6 Å². The van der Waals surface area contributed by atoms with Crippen LogP contribution in [-0.4, -0.2) is 19.1 Å². The van der Waals surface area contributed by atoms with Crippen molar-refractivity contribution in [3.05, 3.63) is 47.7 Å². The molecule has 0 unspecified atom stereocenters. The second-order valence-corrected chi connectivity index (χ2v) is 5.54. The van der Waals surface area contributed by atoms with Gasteiger partial charge in [0.1, 0.15) is 5.82 Å². The molecule has 0 aliphatic carbocycles. The summed E-state index contributed by atoms with van der Waals surface area (Å²) < 4.78 is 0. The summed E-state index contributed by atoms with van der Waals surface area (Å²) in [5.41, 5.74) is 10.7. The maximum absolute atomic E-state index is 5.94. The third-order valence-electron chi connectivity index (χ3n) is 3.55. The van der Waals surface area contributed by atoms with Gasteiger partial charge in [-0.2, -0.15) is 0 Å². The Hall–Kier alpha value is -1.87. The Balaban J connectivity index is 2.49. The minimum absolute atomic E-state index is 0.489. The summed E-state index contributed by atoms with van der Waals surface area (Å²) >= 11 is 0. The SMILES string of the molecule is CC(C)c1ccc(-c2ccnc(N(C)C)c2CN)cc1. The molecule has 0 saturated heterocycles. The molecule has 1 aromatic carbocycles. The number of pyridine rings is 1. The molecule has 2 rings (SSSR count). The van der Waals surface area contributed by atoms with Gasteiger partial charge in [0.25, 0.3) is 0 Å². The Labute approximate surface area is 121 Å². The summed E-state index contributed by atoms with van der Waals surface area (Å²) in [7, 11) is 3.99. The van der Waals surface area contributed by atoms with Crippen LogP contribution < -0.4 is 10.6 Å². The molecular weight excluding hydrogens is 246 g/mol. The van der Waals surface area contributed by atoms with E-state index in [0.29, 0.717) is 12.5 Å². The fourth-order valence-corrected chi connectivity index (χ4v) is 2.39. The van der Waals surface area contributed by atoms with Crippen molar-refractivity contribution in [1.82, 2.24) is 4.98 Å². The normalized spacial score (nSPS) is 10.9. The highest BCUT2D eigenvalue weighted by molar-refractivity contribution is 5.72. The van der Waals surface area contributed by atoms with E-state index in [4.69, 9.17) is 5.73 Å². The molecule has 0 aliphatic rings. The van der Waals surface area contributed by atoms with E-state index >= 15 is 0 Å². The van der Waals surface area contributed by atoms with E-state index in [1.807, 2.05) is 31.3 Å². The predicted molar refractivity (Wildman–Crippen MR) is 86.0 cm³/mol. The summed E-state index contributed by atoms with van der Waals surface area (Å²) in [6.07, 6.45) is 1.85. The van der Waals surface area contributed by atoms with Crippen LogP contribution in [0.4, 0.5) is 5.82 Å². The van der Waals surface area contributed by atoms with Crippen LogP contribution in [0.2, 0.25) is 0 Å². The number of nitrogens with zero attached hydrogens (tertiary/aromatic N) is 2. The van der Waals surface area contributed by atoms with Gasteiger partial charge in [-0.05, 0) is 28.7 Å². The van der Waals surface area contributed by atoms with E-state index in [0.717, 1.165) is 11.4 Å². The zero-order valence-corrected chi connectivity index (χ0v) is 12.7. The van der Waals surface area contributed by atoms with Gasteiger partial charge in [-0.25, -0.2) is 4.98 Å². The molecule has 106 valence electrons. The maximum atomic E-state index is 5.94. The number of anilines is 1. The second-order valence-electron chi connectivity index (χ2n) is 5.54. The van der Waals surface area contributed by atoms with Gasteiger partial charge in [-0.1, -0.05) is 38.1 Å². The minimum Gasteiger partial charge on any atom is -0.362 e. The van der Waals surface area contributed by atoms with E-state index < -0.39 is 0 Å². The fraction of sp³-hybridized carbons (Fsp3) is 0.353. The molecule has 0 atom stereocenters. The zero-order valence-electron chi connectivity index (χ0n) is 12.7. The number of nitrogens with two attached hydrogens (primary N) is 1. The number of rotatable bonds is 4. The molecule has 1 aromatic heterocycles. The smallest absolute Gasteiger partial charge is 0.133 e. The van der Waals surface area contributed by atoms with Crippen molar-refractivity contribution < 1.29 is 0 Å². The van der Waals surface area contributed by atoms with E-state index in [9.17, 15) is 0 Å². The zero-order chi connectivity index (χ0) is 14.7. The van der Waals surface area contributed by atoms with Crippen LogP contribution >= 0.6 is 0 Å². The van der Waals surface area contributed by atoms with Gasteiger partial charge in [0.15, 0.2) is 0 Å². The summed E-state index contributed by atoms with van der Waals surface area (Å²) in [4.78, 5) is 6.44. The number of aromatic nitrogens is 1. The third-order valence-corrected chi connectivity index (χ3v) is 3.55. The fourth-order valence-electron chi connectivity index (χ4n) is 2.39. The summed E-state index contributed by atoms with van der Waals surface area (Å²) in [5, 5.41) is 0. The molecular formula is C17H23N3. The first-order chi connectivity index (χ1) is 9.54. The van der Waals surface area contributed by atoms with Gasteiger partial charge in [0.05, 0.1) is 0 Å². The van der Waals surface area contributed by atoms with Crippen LogP contribution in [0.3, 0.4) is 0 Å². The second kappa shape index (κ2) is 6.06. The summed E-state index contributed by atoms with van der Waals surface area (Å²) in [6, 6.07) is 10.8. The Kier molecular flexibility index (Phi) is 4.40. The first-order valence-corrected chi connectivity index (χ1v) is 7.00. The molecule has 2 aromatic rings. The molecule has 3 heteroatoms. The van der Waals surface area contributed by atoms with Gasteiger partial charge in [0.2, 0.25) is 0 Å². The Morgan fingerprint density at radius 1 is 1.10 bits per heavy atom. The molecule has 20 heavy (non-hydrogen) atoms. The molecule has 0 bridgehead atoms. The maximum Gasteiger partial charge on any atom is 0.133 e. The first-order valence-electron chi connectivity index (χ1n) is 7.00. The molecule has 3 nitrogen and oxygen atoms in total. The van der Waals surface area contributed by atoms with Crippen molar-refractivity contribution in [1.29, 1.82) is 0 Å². The van der Waals surface area contributed by atoms with Crippen LogP contribution in [0.5, 0.6) is 0 Å². The lowest BCUT2D eigenvalue weighted by Crippen LogP contribution is -2.15. The van der Waals surface area contributed by atoms with Crippen molar-refractivity contribution in [3.8, 4) is 11.1 Å². The first kappa shape index (κ1) is 14.5. The van der Waals surface area contributed by atoms with Crippen LogP contribution in [0.15, 0.2) is 36.5 Å². The summed E-state index contributed by atoms with van der Waals surface area (Å²) in [6.45, 7) is 4.90. The van der Waals surface area contributed by atoms with Crippen LogP contribution in [-0.2, 0) is 6.54 Å². The number of benzene rings is 1. The molecule has 0 spiro atoms. The van der Waals surface area contributed by atoms with Crippen LogP contribution in [0.1, 0.15) is 30.9 Å². The van der Waals surface area contributed by atoms with Crippen molar-refractivity contribution in [2.24, 2.45) is 5.73 Å². The average Bonchev–Trinajstić information content (AvgIpc) is 2.46. The van der Waals surface area contributed by atoms with Crippen molar-refractivity contribution >= 4 is 5.82 Å². The highest BCUT2D eigenvalue weighted by Crippen LogP contribution is 2.29. The van der Waals surface area contributed by atoms with E-state index in [1.54, 1.807) is 0 Å². The standard InChI is InChI=1S/C17H23N3/c1-12(2)13-5-7-14(8-6-13)15-9-10-19-17(20(3)4)16(15)11-18/h5-10,12H,11,18H2,1-4H3. The van der Waals surface area contributed by atoms with Gasteiger partial charge in [-0.15, -0.1) is 0 Å². The van der Waals surface area contributed by atoms with Gasteiger partial charge >= 0.3 is 0 Å². The monoisotopic (exact) mass is 269 g/mol. The molecule has 0 amide bonds. The largest absolute Gasteiger partial charge is 0.362 e. The summed E-state index contributed by atoms with van der Waals surface area (Å²) in [5.74, 6) is 1.49. The lowest BCUT2D eigenvalue weighted by Gasteiger charge is -2.18. The molecule has 0 aliphatic heterocycles. The minimum atomic E-state index is 0.489. The number of hydrogen-bond acceptors (Lipinski definition) is 3. The van der Waals surface area contributed by atoms with Crippen molar-refractivity contribution in [2.45, 2.75) is 26.3 Å². The molecule has 1 heterocycles. The van der Waals surface area contributed by atoms with E-state index in [-0.39, 0.29) is 0 Å². The lowest BCUT2D eigenvalue weighted by atomic mass is 9.96. The molecule has 0 saturated carbocycles. The van der Waals surface area contributed by atoms with E-state index in [2.05, 4.69) is 43.1 Å². The quantitative estimate of drug-likeness (QED) is 0.925. The molecule has 0 fully saturated rings. The number of hydrogen-bond donors (Lipinski definition) is 1. The molecule has 2 N–H and O–H groups in total.